The molecule has 14 heavy (non-hydrogen) atoms. The van der Waals surface area contributed by atoms with Gasteiger partial charge in [0.25, 0.3) is 0 Å². The summed E-state index contributed by atoms with van der Waals surface area (Å²) in [6.45, 7) is 1.35. The van der Waals surface area contributed by atoms with Crippen LogP contribution in [-0.4, -0.2) is 49.1 Å². The van der Waals surface area contributed by atoms with E-state index in [9.17, 15) is 9.59 Å². The fraction of sp³-hybridized carbons (Fsp3) is 0.778. The van der Waals surface area contributed by atoms with Crippen LogP contribution < -0.4 is 5.32 Å². The first kappa shape index (κ1) is 11.0. The first-order chi connectivity index (χ1) is 6.52. The van der Waals surface area contributed by atoms with Gasteiger partial charge in [-0.05, 0) is 20.5 Å². The lowest BCUT2D eigenvalue weighted by Gasteiger charge is -2.09. The monoisotopic (exact) mass is 200 g/mol. The molecule has 0 aromatic heterocycles. The highest BCUT2D eigenvalue weighted by atomic mass is 16.4. The Hall–Kier alpha value is -1.10. The smallest absolute Gasteiger partial charge is 0.307 e. The zero-order valence-electron chi connectivity index (χ0n) is 8.49. The van der Waals surface area contributed by atoms with Crippen LogP contribution in [0.4, 0.5) is 0 Å². The van der Waals surface area contributed by atoms with Crippen LogP contribution in [0.1, 0.15) is 6.42 Å². The van der Waals surface area contributed by atoms with Gasteiger partial charge in [-0.2, -0.15) is 0 Å². The molecule has 2 N–H and O–H groups in total. The summed E-state index contributed by atoms with van der Waals surface area (Å²) in [6, 6.07) is 0. The van der Waals surface area contributed by atoms with Gasteiger partial charge in [0.1, 0.15) is 0 Å². The third-order valence-electron chi connectivity index (χ3n) is 2.30. The van der Waals surface area contributed by atoms with Crippen molar-refractivity contribution in [2.45, 2.75) is 6.42 Å². The Bertz CT molecular complexity index is 240. The average molecular weight is 200 g/mol. The molecule has 0 aromatic rings. The lowest BCUT2D eigenvalue weighted by Crippen LogP contribution is -2.32. The lowest BCUT2D eigenvalue weighted by atomic mass is 10.3. The maximum absolute atomic E-state index is 11.3. The zero-order chi connectivity index (χ0) is 10.7. The van der Waals surface area contributed by atoms with Crippen molar-refractivity contribution < 1.29 is 14.7 Å². The number of carboxylic acids is 1. The van der Waals surface area contributed by atoms with Gasteiger partial charge in [-0.15, -0.1) is 0 Å². The van der Waals surface area contributed by atoms with Crippen LogP contribution in [0.25, 0.3) is 0 Å². The van der Waals surface area contributed by atoms with Crippen molar-refractivity contribution in [3.63, 3.8) is 0 Å². The van der Waals surface area contributed by atoms with Crippen LogP contribution in [0.5, 0.6) is 0 Å². The molecule has 0 aromatic carbocycles. The second-order valence-corrected chi connectivity index (χ2v) is 3.88. The van der Waals surface area contributed by atoms with Crippen molar-refractivity contribution in [1.82, 2.24) is 10.2 Å². The SMILES string of the molecule is CN(C)CCNC(=O)C1CC1C(=O)O. The number of likely N-dealkylation sites (N-methyl/N-ethyl adjacent to an activating group) is 1. The van der Waals surface area contributed by atoms with Crippen LogP contribution in [0, 0.1) is 11.8 Å². The van der Waals surface area contributed by atoms with Gasteiger partial charge in [0, 0.05) is 13.1 Å². The molecule has 0 spiro atoms. The molecule has 0 aliphatic heterocycles. The van der Waals surface area contributed by atoms with Gasteiger partial charge in [0.15, 0.2) is 0 Å². The van der Waals surface area contributed by atoms with E-state index in [1.165, 1.54) is 0 Å². The Balaban J connectivity index is 2.15. The maximum atomic E-state index is 11.3. The van der Waals surface area contributed by atoms with E-state index in [2.05, 4.69) is 5.32 Å². The van der Waals surface area contributed by atoms with E-state index in [1.54, 1.807) is 0 Å². The van der Waals surface area contributed by atoms with E-state index in [4.69, 9.17) is 5.11 Å². The summed E-state index contributed by atoms with van der Waals surface area (Å²) < 4.78 is 0. The standard InChI is InChI=1S/C9H16N2O3/c1-11(2)4-3-10-8(12)6-5-7(6)9(13)14/h6-7H,3-5H2,1-2H3,(H,10,12)(H,13,14). The highest BCUT2D eigenvalue weighted by Crippen LogP contribution is 2.38. The summed E-state index contributed by atoms with van der Waals surface area (Å²) in [7, 11) is 3.84. The highest BCUT2D eigenvalue weighted by molar-refractivity contribution is 5.89. The van der Waals surface area contributed by atoms with Crippen molar-refractivity contribution in [3.8, 4) is 0 Å². The Labute approximate surface area is 83.1 Å². The molecule has 5 heteroatoms. The summed E-state index contributed by atoms with van der Waals surface area (Å²) in [5, 5.41) is 11.3. The van der Waals surface area contributed by atoms with Gasteiger partial charge in [-0.3, -0.25) is 9.59 Å². The van der Waals surface area contributed by atoms with Crippen molar-refractivity contribution in [3.05, 3.63) is 0 Å². The molecule has 1 saturated carbocycles. The van der Waals surface area contributed by atoms with Crippen molar-refractivity contribution in [1.29, 1.82) is 0 Å². The molecule has 1 amide bonds. The predicted octanol–water partition coefficient (Wildman–Crippen LogP) is -0.615. The molecule has 0 saturated heterocycles. The molecule has 5 nitrogen and oxygen atoms in total. The minimum absolute atomic E-state index is 0.126. The Morgan fingerprint density at radius 2 is 2.07 bits per heavy atom. The number of rotatable bonds is 5. The van der Waals surface area contributed by atoms with Crippen molar-refractivity contribution in [2.24, 2.45) is 11.8 Å². The molecular formula is C9H16N2O3. The molecule has 1 fully saturated rings. The summed E-state index contributed by atoms with van der Waals surface area (Å²) >= 11 is 0. The van der Waals surface area contributed by atoms with Gasteiger partial charge >= 0.3 is 5.97 Å². The number of hydrogen-bond donors (Lipinski definition) is 2. The van der Waals surface area contributed by atoms with Crippen LogP contribution in [0.2, 0.25) is 0 Å². The number of carboxylic acid groups (broad SMARTS) is 1. The van der Waals surface area contributed by atoms with E-state index >= 15 is 0 Å². The minimum atomic E-state index is -0.863. The normalized spacial score (nSPS) is 24.8. The Morgan fingerprint density at radius 1 is 1.43 bits per heavy atom. The number of carbonyl (C=O) groups is 2. The summed E-state index contributed by atoms with van der Waals surface area (Å²) in [6.07, 6.45) is 0.489. The first-order valence-corrected chi connectivity index (χ1v) is 4.67. The van der Waals surface area contributed by atoms with Crippen molar-refractivity contribution >= 4 is 11.9 Å². The molecular weight excluding hydrogens is 184 g/mol. The molecule has 0 bridgehead atoms. The number of nitrogens with zero attached hydrogens (tertiary/aromatic N) is 1. The van der Waals surface area contributed by atoms with Gasteiger partial charge in [0.05, 0.1) is 11.8 Å². The third-order valence-corrected chi connectivity index (χ3v) is 2.30. The summed E-state index contributed by atoms with van der Waals surface area (Å²) in [5.41, 5.74) is 0. The molecule has 80 valence electrons. The third kappa shape index (κ3) is 2.99. The largest absolute Gasteiger partial charge is 0.481 e. The van der Waals surface area contributed by atoms with Crippen LogP contribution >= 0.6 is 0 Å². The lowest BCUT2D eigenvalue weighted by molar-refractivity contribution is -0.140. The van der Waals surface area contributed by atoms with E-state index in [1.807, 2.05) is 19.0 Å². The summed E-state index contributed by atoms with van der Waals surface area (Å²) in [5.74, 6) is -1.74. The topological polar surface area (TPSA) is 69.6 Å². The van der Waals surface area contributed by atoms with Crippen LogP contribution in [0.3, 0.4) is 0 Å². The second kappa shape index (κ2) is 4.41. The van der Waals surface area contributed by atoms with Gasteiger partial charge in [0.2, 0.25) is 5.91 Å². The molecule has 0 radical (unpaired) electrons. The van der Waals surface area contributed by atoms with E-state index in [0.29, 0.717) is 13.0 Å². The molecule has 1 rings (SSSR count). The number of carbonyl (C=O) groups excluding carboxylic acids is 1. The first-order valence-electron chi connectivity index (χ1n) is 4.67. The fourth-order valence-corrected chi connectivity index (χ4v) is 1.29. The molecule has 1 aliphatic carbocycles. The molecule has 1 aliphatic rings. The Morgan fingerprint density at radius 3 is 2.50 bits per heavy atom. The molecule has 0 heterocycles. The van der Waals surface area contributed by atoms with E-state index in [0.717, 1.165) is 6.54 Å². The number of amides is 1. The van der Waals surface area contributed by atoms with Gasteiger partial charge in [-0.1, -0.05) is 0 Å². The second-order valence-electron chi connectivity index (χ2n) is 3.88. The van der Waals surface area contributed by atoms with Crippen LogP contribution in [0.15, 0.2) is 0 Å². The fourth-order valence-electron chi connectivity index (χ4n) is 1.29. The molecule has 2 atom stereocenters. The quantitative estimate of drug-likeness (QED) is 0.621. The average Bonchev–Trinajstić information content (AvgIpc) is 2.81. The number of hydrogen-bond acceptors (Lipinski definition) is 3. The van der Waals surface area contributed by atoms with Crippen LogP contribution in [-0.2, 0) is 9.59 Å². The van der Waals surface area contributed by atoms with Crippen molar-refractivity contribution in [2.75, 3.05) is 27.2 Å². The van der Waals surface area contributed by atoms with E-state index in [-0.39, 0.29) is 11.8 Å². The Kier molecular flexibility index (Phi) is 3.46. The predicted molar refractivity (Wildman–Crippen MR) is 50.8 cm³/mol. The minimum Gasteiger partial charge on any atom is -0.481 e. The van der Waals surface area contributed by atoms with Gasteiger partial charge in [-0.25, -0.2) is 0 Å². The number of nitrogens with one attached hydrogen (secondary N) is 1. The van der Waals surface area contributed by atoms with E-state index < -0.39 is 11.9 Å². The number of aliphatic carboxylic acids is 1. The summed E-state index contributed by atoms with van der Waals surface area (Å²) in [4.78, 5) is 23.7. The van der Waals surface area contributed by atoms with Gasteiger partial charge < -0.3 is 15.3 Å². The highest BCUT2D eigenvalue weighted by Gasteiger charge is 2.48. The maximum Gasteiger partial charge on any atom is 0.307 e. The molecule has 2 unspecified atom stereocenters. The zero-order valence-corrected chi connectivity index (χ0v) is 8.49.